The van der Waals surface area contributed by atoms with Crippen LogP contribution in [0.1, 0.15) is 49.4 Å². The van der Waals surface area contributed by atoms with E-state index in [2.05, 4.69) is 38.2 Å². The third-order valence-electron chi connectivity index (χ3n) is 3.18. The molecule has 1 unspecified atom stereocenters. The van der Waals surface area contributed by atoms with Crippen molar-refractivity contribution in [1.29, 1.82) is 0 Å². The van der Waals surface area contributed by atoms with E-state index in [1.54, 1.807) is 11.3 Å². The van der Waals surface area contributed by atoms with Gasteiger partial charge in [0.25, 0.3) is 0 Å². The average molecular weight is 282 g/mol. The molecule has 0 spiro atoms. The van der Waals surface area contributed by atoms with Gasteiger partial charge < -0.3 is 11.1 Å². The molecule has 19 heavy (non-hydrogen) atoms. The van der Waals surface area contributed by atoms with Gasteiger partial charge in [0.15, 0.2) is 0 Å². The molecule has 1 aromatic heterocycles. The van der Waals surface area contributed by atoms with E-state index < -0.39 is 0 Å². The SMILES string of the molecule is Cc1ccc(C(C)NC(=O)C[C@@H](CN)CC(C)C)s1. The van der Waals surface area contributed by atoms with Crippen molar-refractivity contribution in [2.24, 2.45) is 17.6 Å². The molecule has 1 amide bonds. The highest BCUT2D eigenvalue weighted by atomic mass is 32.1. The molecule has 0 aliphatic heterocycles. The largest absolute Gasteiger partial charge is 0.349 e. The van der Waals surface area contributed by atoms with Crippen molar-refractivity contribution in [2.75, 3.05) is 6.54 Å². The lowest BCUT2D eigenvalue weighted by Crippen LogP contribution is -2.30. The highest BCUT2D eigenvalue weighted by molar-refractivity contribution is 7.12. The van der Waals surface area contributed by atoms with Gasteiger partial charge in [0.1, 0.15) is 0 Å². The summed E-state index contributed by atoms with van der Waals surface area (Å²) in [6.45, 7) is 9.02. The Bertz CT molecular complexity index is 401. The molecule has 0 saturated carbocycles. The predicted octanol–water partition coefficient (Wildman–Crippen LogP) is 3.24. The van der Waals surface area contributed by atoms with Gasteiger partial charge in [-0.05, 0) is 50.8 Å². The highest BCUT2D eigenvalue weighted by Gasteiger charge is 2.16. The van der Waals surface area contributed by atoms with Crippen molar-refractivity contribution in [1.82, 2.24) is 5.32 Å². The van der Waals surface area contributed by atoms with Crippen LogP contribution in [0.25, 0.3) is 0 Å². The van der Waals surface area contributed by atoms with Gasteiger partial charge in [0.2, 0.25) is 5.91 Å². The molecule has 3 N–H and O–H groups in total. The van der Waals surface area contributed by atoms with Crippen LogP contribution in [0.3, 0.4) is 0 Å². The number of carbonyl (C=O) groups excluding carboxylic acids is 1. The zero-order valence-electron chi connectivity index (χ0n) is 12.4. The van der Waals surface area contributed by atoms with Crippen LogP contribution in [-0.4, -0.2) is 12.5 Å². The fourth-order valence-electron chi connectivity index (χ4n) is 2.25. The minimum atomic E-state index is 0.0867. The lowest BCUT2D eigenvalue weighted by molar-refractivity contribution is -0.122. The highest BCUT2D eigenvalue weighted by Crippen LogP contribution is 2.22. The van der Waals surface area contributed by atoms with E-state index in [1.165, 1.54) is 9.75 Å². The third-order valence-corrected chi connectivity index (χ3v) is 4.36. The first-order valence-electron chi connectivity index (χ1n) is 6.98. The smallest absolute Gasteiger partial charge is 0.220 e. The standard InChI is InChI=1S/C15H26N2OS/c1-10(2)7-13(9-16)8-15(18)17-12(4)14-6-5-11(3)19-14/h5-6,10,12-13H,7-9,16H2,1-4H3,(H,17,18)/t12?,13-/m0/s1. The molecule has 0 saturated heterocycles. The maximum atomic E-state index is 12.0. The summed E-state index contributed by atoms with van der Waals surface area (Å²) in [5.74, 6) is 0.977. The van der Waals surface area contributed by atoms with E-state index in [1.807, 2.05) is 6.92 Å². The van der Waals surface area contributed by atoms with Crippen LogP contribution in [0.2, 0.25) is 0 Å². The Morgan fingerprint density at radius 3 is 2.53 bits per heavy atom. The van der Waals surface area contributed by atoms with Gasteiger partial charge in [-0.3, -0.25) is 4.79 Å². The van der Waals surface area contributed by atoms with Crippen LogP contribution in [0.15, 0.2) is 12.1 Å². The van der Waals surface area contributed by atoms with E-state index in [-0.39, 0.29) is 17.9 Å². The average Bonchev–Trinajstić information content (AvgIpc) is 2.74. The molecular formula is C15H26N2OS. The summed E-state index contributed by atoms with van der Waals surface area (Å²) in [7, 11) is 0. The number of aryl methyl sites for hydroxylation is 1. The first kappa shape index (κ1) is 16.2. The summed E-state index contributed by atoms with van der Waals surface area (Å²) in [5, 5.41) is 3.06. The second kappa shape index (κ2) is 7.65. The summed E-state index contributed by atoms with van der Waals surface area (Å²) >= 11 is 1.73. The molecule has 0 aromatic carbocycles. The van der Waals surface area contributed by atoms with Gasteiger partial charge in [-0.15, -0.1) is 11.3 Å². The predicted molar refractivity (Wildman–Crippen MR) is 82.2 cm³/mol. The second-order valence-corrected chi connectivity index (χ2v) is 6.99. The molecule has 108 valence electrons. The summed E-state index contributed by atoms with van der Waals surface area (Å²) < 4.78 is 0. The summed E-state index contributed by atoms with van der Waals surface area (Å²) in [4.78, 5) is 14.5. The molecular weight excluding hydrogens is 256 g/mol. The van der Waals surface area contributed by atoms with Crippen molar-refractivity contribution in [3.63, 3.8) is 0 Å². The maximum Gasteiger partial charge on any atom is 0.220 e. The van der Waals surface area contributed by atoms with Crippen LogP contribution in [0.5, 0.6) is 0 Å². The Labute approximate surface area is 120 Å². The van der Waals surface area contributed by atoms with E-state index in [0.717, 1.165) is 6.42 Å². The van der Waals surface area contributed by atoms with Crippen molar-refractivity contribution >= 4 is 17.2 Å². The molecule has 2 atom stereocenters. The van der Waals surface area contributed by atoms with Crippen LogP contribution in [0, 0.1) is 18.8 Å². The number of carbonyl (C=O) groups is 1. The maximum absolute atomic E-state index is 12.0. The van der Waals surface area contributed by atoms with Crippen LogP contribution < -0.4 is 11.1 Å². The Hall–Kier alpha value is -0.870. The molecule has 0 aliphatic rings. The van der Waals surface area contributed by atoms with Crippen LogP contribution in [0.4, 0.5) is 0 Å². The van der Waals surface area contributed by atoms with Gasteiger partial charge in [-0.2, -0.15) is 0 Å². The number of hydrogen-bond donors (Lipinski definition) is 2. The monoisotopic (exact) mass is 282 g/mol. The Morgan fingerprint density at radius 1 is 1.37 bits per heavy atom. The molecule has 1 heterocycles. The third kappa shape index (κ3) is 5.74. The van der Waals surface area contributed by atoms with Crippen LogP contribution >= 0.6 is 11.3 Å². The molecule has 3 nitrogen and oxygen atoms in total. The van der Waals surface area contributed by atoms with Crippen molar-refractivity contribution in [2.45, 2.75) is 46.6 Å². The topological polar surface area (TPSA) is 55.1 Å². The fraction of sp³-hybridized carbons (Fsp3) is 0.667. The first-order valence-corrected chi connectivity index (χ1v) is 7.79. The lowest BCUT2D eigenvalue weighted by Gasteiger charge is -2.18. The molecule has 0 radical (unpaired) electrons. The van der Waals surface area contributed by atoms with E-state index in [4.69, 9.17) is 5.73 Å². The second-order valence-electron chi connectivity index (χ2n) is 5.67. The molecule has 4 heteroatoms. The van der Waals surface area contributed by atoms with Crippen molar-refractivity contribution in [3.05, 3.63) is 21.9 Å². The van der Waals surface area contributed by atoms with Crippen molar-refractivity contribution in [3.8, 4) is 0 Å². The van der Waals surface area contributed by atoms with E-state index >= 15 is 0 Å². The number of nitrogens with one attached hydrogen (secondary N) is 1. The molecule has 0 bridgehead atoms. The Balaban J connectivity index is 2.45. The normalized spacial score (nSPS) is 14.4. The number of amides is 1. The zero-order valence-corrected chi connectivity index (χ0v) is 13.2. The van der Waals surface area contributed by atoms with E-state index in [0.29, 0.717) is 18.9 Å². The van der Waals surface area contributed by atoms with Gasteiger partial charge >= 0.3 is 0 Å². The summed E-state index contributed by atoms with van der Waals surface area (Å²) in [5.41, 5.74) is 5.74. The van der Waals surface area contributed by atoms with Gasteiger partial charge in [0.05, 0.1) is 6.04 Å². The van der Waals surface area contributed by atoms with Gasteiger partial charge in [-0.25, -0.2) is 0 Å². The minimum absolute atomic E-state index is 0.0867. The molecule has 1 aromatic rings. The minimum Gasteiger partial charge on any atom is -0.349 e. The molecule has 0 fully saturated rings. The molecule has 1 rings (SSSR count). The molecule has 0 aliphatic carbocycles. The number of rotatable bonds is 7. The lowest BCUT2D eigenvalue weighted by atomic mass is 9.94. The van der Waals surface area contributed by atoms with Gasteiger partial charge in [-0.1, -0.05) is 13.8 Å². The summed E-state index contributed by atoms with van der Waals surface area (Å²) in [6, 6.07) is 4.26. The fourth-order valence-corrected chi connectivity index (χ4v) is 3.13. The first-order chi connectivity index (χ1) is 8.92. The number of hydrogen-bond acceptors (Lipinski definition) is 3. The van der Waals surface area contributed by atoms with E-state index in [9.17, 15) is 4.79 Å². The Kier molecular flexibility index (Phi) is 6.52. The number of thiophene rings is 1. The van der Waals surface area contributed by atoms with Crippen LogP contribution in [-0.2, 0) is 4.79 Å². The number of nitrogens with two attached hydrogens (primary N) is 1. The quantitative estimate of drug-likeness (QED) is 0.806. The van der Waals surface area contributed by atoms with Crippen molar-refractivity contribution < 1.29 is 4.79 Å². The van der Waals surface area contributed by atoms with Gasteiger partial charge in [0, 0.05) is 16.2 Å². The zero-order chi connectivity index (χ0) is 14.4. The Morgan fingerprint density at radius 2 is 2.05 bits per heavy atom. The summed E-state index contributed by atoms with van der Waals surface area (Å²) in [6.07, 6.45) is 1.54.